The first-order chi connectivity index (χ1) is 15.1. The van der Waals surface area contributed by atoms with Crippen LogP contribution in [0.25, 0.3) is 5.70 Å². The number of likely N-dealkylation sites (N-methyl/N-ethyl adjacent to an activating group) is 1. The molecular weight excluding hydrogens is 420 g/mol. The lowest BCUT2D eigenvalue weighted by molar-refractivity contribution is -0.115. The number of hydrogen-bond acceptors (Lipinski definition) is 7. The fourth-order valence-corrected chi connectivity index (χ4v) is 3.99. The Kier molecular flexibility index (Phi) is 7.43. The van der Waals surface area contributed by atoms with Crippen molar-refractivity contribution < 1.29 is 23.0 Å². The van der Waals surface area contributed by atoms with Gasteiger partial charge in [-0.15, -0.1) is 0 Å². The van der Waals surface area contributed by atoms with Crippen LogP contribution in [0.3, 0.4) is 0 Å². The number of hydrazine groups is 1. The Balaban J connectivity index is 1.66. The number of aromatic nitrogens is 1. The number of carbonyl (C=O) groups excluding carboxylic acids is 1. The maximum absolute atomic E-state index is 13.1. The number of aryl methyl sites for hydroxylation is 1. The maximum atomic E-state index is 13.1. The number of pyridine rings is 1. The Labute approximate surface area is 187 Å². The van der Waals surface area contributed by atoms with Crippen LogP contribution in [0.2, 0.25) is 0 Å². The van der Waals surface area contributed by atoms with E-state index in [9.17, 15) is 13.6 Å². The molecule has 0 aliphatic heterocycles. The van der Waals surface area contributed by atoms with E-state index in [2.05, 4.69) is 4.98 Å². The Morgan fingerprint density at radius 2 is 1.88 bits per heavy atom. The predicted molar refractivity (Wildman–Crippen MR) is 117 cm³/mol. The largest absolute Gasteiger partial charge is 0.489 e. The molecule has 1 aromatic heterocycles. The molecule has 2 aliphatic rings. The first-order valence-corrected chi connectivity index (χ1v) is 11.0. The van der Waals surface area contributed by atoms with Gasteiger partial charge in [-0.05, 0) is 44.7 Å². The minimum absolute atomic E-state index is 0.209. The van der Waals surface area contributed by atoms with Crippen LogP contribution in [0.15, 0.2) is 17.8 Å². The fourth-order valence-electron chi connectivity index (χ4n) is 3.99. The van der Waals surface area contributed by atoms with Gasteiger partial charge < -0.3 is 25.1 Å². The molecular formula is C22H33F2N5O3. The van der Waals surface area contributed by atoms with Crippen LogP contribution in [0.5, 0.6) is 5.75 Å². The fraction of sp³-hybridized carbons (Fsp3) is 0.636. The molecule has 0 aromatic carbocycles. The molecule has 178 valence electrons. The Bertz CT molecular complexity index is 848. The van der Waals surface area contributed by atoms with E-state index in [4.69, 9.17) is 21.1 Å². The Morgan fingerprint density at radius 3 is 2.44 bits per heavy atom. The van der Waals surface area contributed by atoms with Gasteiger partial charge in [-0.25, -0.2) is 24.4 Å². The number of hydrogen-bond donors (Lipinski definition) is 2. The zero-order valence-electron chi connectivity index (χ0n) is 18.9. The van der Waals surface area contributed by atoms with Crippen molar-refractivity contribution in [3.05, 3.63) is 29.2 Å². The lowest BCUT2D eigenvalue weighted by Gasteiger charge is -2.40. The highest BCUT2D eigenvalue weighted by Gasteiger charge is 2.48. The quantitative estimate of drug-likeness (QED) is 0.481. The number of nitrogens with two attached hydrogens (primary N) is 2. The molecule has 0 spiro atoms. The molecule has 0 bridgehead atoms. The van der Waals surface area contributed by atoms with Crippen molar-refractivity contribution in [2.45, 2.75) is 69.9 Å². The highest BCUT2D eigenvalue weighted by Crippen LogP contribution is 2.40. The Morgan fingerprint density at radius 1 is 1.22 bits per heavy atom. The molecule has 0 atom stereocenters. The van der Waals surface area contributed by atoms with Gasteiger partial charge in [0.15, 0.2) is 0 Å². The summed E-state index contributed by atoms with van der Waals surface area (Å²) in [6, 6.07) is 3.04. The molecule has 3 rings (SSSR count). The second-order valence-electron chi connectivity index (χ2n) is 8.71. The standard InChI is InChI=1S/C22H33F2N5O3/c1-14-19(32-16-7-5-4-6-8-16)10-9-17(27-14)20(25)18(29(3)26)13-31-21(30)28(2)15-11-22(23,24)12-15/h9-10,15-16H,4-8,11-13,25-26H2,1-3H3/b20-18-. The minimum atomic E-state index is -2.72. The normalized spacial score (nSPS) is 19.6. The maximum Gasteiger partial charge on any atom is 0.410 e. The van der Waals surface area contributed by atoms with E-state index in [-0.39, 0.29) is 31.2 Å². The first-order valence-electron chi connectivity index (χ1n) is 11.0. The van der Waals surface area contributed by atoms with Crippen LogP contribution >= 0.6 is 0 Å². The van der Waals surface area contributed by atoms with Crippen molar-refractivity contribution in [3.8, 4) is 5.75 Å². The zero-order valence-corrected chi connectivity index (χ0v) is 18.9. The zero-order chi connectivity index (χ0) is 23.5. The molecule has 8 nitrogen and oxygen atoms in total. The van der Waals surface area contributed by atoms with Crippen LogP contribution in [-0.4, -0.2) is 59.8 Å². The number of amides is 1. The molecule has 32 heavy (non-hydrogen) atoms. The average Bonchev–Trinajstić information content (AvgIpc) is 2.73. The van der Waals surface area contributed by atoms with Gasteiger partial charge >= 0.3 is 6.09 Å². The first kappa shape index (κ1) is 24.0. The third kappa shape index (κ3) is 5.79. The number of rotatable bonds is 7. The van der Waals surface area contributed by atoms with Crippen molar-refractivity contribution in [1.82, 2.24) is 14.9 Å². The Hall–Kier alpha value is -2.62. The topological polar surface area (TPSA) is 107 Å². The van der Waals surface area contributed by atoms with Crippen LogP contribution in [0.1, 0.15) is 56.3 Å². The smallest absolute Gasteiger partial charge is 0.410 e. The summed E-state index contributed by atoms with van der Waals surface area (Å²) in [7, 11) is 3.01. The summed E-state index contributed by atoms with van der Waals surface area (Å²) in [5.74, 6) is 3.90. The van der Waals surface area contributed by atoms with Gasteiger partial charge in [0.25, 0.3) is 5.92 Å². The number of ether oxygens (including phenoxy) is 2. The van der Waals surface area contributed by atoms with E-state index >= 15 is 0 Å². The van der Waals surface area contributed by atoms with Crippen molar-refractivity contribution in [2.75, 3.05) is 20.7 Å². The summed E-state index contributed by atoms with van der Waals surface area (Å²) in [4.78, 5) is 18.0. The van der Waals surface area contributed by atoms with E-state index in [0.717, 1.165) is 18.6 Å². The van der Waals surface area contributed by atoms with Crippen molar-refractivity contribution in [2.24, 2.45) is 11.6 Å². The van der Waals surface area contributed by atoms with Gasteiger partial charge in [0.2, 0.25) is 0 Å². The van der Waals surface area contributed by atoms with Gasteiger partial charge in [0.1, 0.15) is 12.4 Å². The van der Waals surface area contributed by atoms with Gasteiger partial charge in [-0.1, -0.05) is 6.42 Å². The molecule has 0 radical (unpaired) electrons. The van der Waals surface area contributed by atoms with Gasteiger partial charge in [-0.3, -0.25) is 0 Å². The van der Waals surface area contributed by atoms with Gasteiger partial charge in [-0.2, -0.15) is 0 Å². The molecule has 0 saturated heterocycles. The van der Waals surface area contributed by atoms with E-state index in [0.29, 0.717) is 17.1 Å². The minimum Gasteiger partial charge on any atom is -0.489 e. The van der Waals surface area contributed by atoms with Crippen molar-refractivity contribution in [3.63, 3.8) is 0 Å². The molecule has 2 saturated carbocycles. The van der Waals surface area contributed by atoms with E-state index in [1.165, 1.54) is 36.2 Å². The van der Waals surface area contributed by atoms with E-state index in [1.54, 1.807) is 13.1 Å². The summed E-state index contributed by atoms with van der Waals surface area (Å²) in [6.07, 6.45) is 4.46. The lowest BCUT2D eigenvalue weighted by Crippen LogP contribution is -2.51. The number of nitrogens with zero attached hydrogens (tertiary/aromatic N) is 3. The van der Waals surface area contributed by atoms with Crippen molar-refractivity contribution in [1.29, 1.82) is 0 Å². The second kappa shape index (κ2) is 9.89. The summed E-state index contributed by atoms with van der Waals surface area (Å²) >= 11 is 0. The monoisotopic (exact) mass is 453 g/mol. The van der Waals surface area contributed by atoms with Crippen molar-refractivity contribution >= 4 is 11.8 Å². The van der Waals surface area contributed by atoms with Gasteiger partial charge in [0, 0.05) is 33.0 Å². The molecule has 2 fully saturated rings. The molecule has 4 N–H and O–H groups in total. The van der Waals surface area contributed by atoms with Gasteiger partial charge in [0.05, 0.1) is 28.9 Å². The van der Waals surface area contributed by atoms with Crippen LogP contribution < -0.4 is 16.3 Å². The average molecular weight is 454 g/mol. The van der Waals surface area contributed by atoms with Crippen LogP contribution in [0.4, 0.5) is 13.6 Å². The summed E-state index contributed by atoms with van der Waals surface area (Å²) < 4.78 is 37.5. The number of halogens is 2. The lowest BCUT2D eigenvalue weighted by atomic mass is 9.87. The molecule has 10 heteroatoms. The molecule has 0 unspecified atom stereocenters. The molecule has 1 heterocycles. The number of alkyl halides is 2. The second-order valence-corrected chi connectivity index (χ2v) is 8.71. The third-order valence-electron chi connectivity index (χ3n) is 6.13. The summed E-state index contributed by atoms with van der Waals surface area (Å²) in [5, 5.41) is 1.25. The number of carbonyl (C=O) groups is 1. The highest BCUT2D eigenvalue weighted by molar-refractivity contribution is 5.69. The van der Waals surface area contributed by atoms with Crippen LogP contribution in [-0.2, 0) is 4.74 Å². The molecule has 1 aromatic rings. The summed E-state index contributed by atoms with van der Waals surface area (Å²) in [5.41, 5.74) is 8.08. The van der Waals surface area contributed by atoms with E-state index in [1.807, 2.05) is 13.0 Å². The SMILES string of the molecule is Cc1nc(/C(N)=C(\COC(=O)N(C)C2CC(F)(F)C2)N(C)N)ccc1OC1CCCCC1. The predicted octanol–water partition coefficient (Wildman–Crippen LogP) is 3.40. The molecule has 1 amide bonds. The van der Waals surface area contributed by atoms with Crippen LogP contribution in [0, 0.1) is 6.92 Å². The third-order valence-corrected chi connectivity index (χ3v) is 6.13. The highest BCUT2D eigenvalue weighted by atomic mass is 19.3. The molecule has 2 aliphatic carbocycles. The van der Waals surface area contributed by atoms with E-state index < -0.39 is 18.1 Å². The summed E-state index contributed by atoms with van der Waals surface area (Å²) in [6.45, 7) is 1.64.